The minimum atomic E-state index is 0.890. The van der Waals surface area contributed by atoms with Crippen LogP contribution in [0.1, 0.15) is 23.7 Å². The van der Waals surface area contributed by atoms with E-state index >= 15 is 0 Å². The van der Waals surface area contributed by atoms with Gasteiger partial charge in [-0.05, 0) is 43.5 Å². The summed E-state index contributed by atoms with van der Waals surface area (Å²) < 4.78 is 0. The Balaban J connectivity index is 2.80. The highest BCUT2D eigenvalue weighted by Gasteiger charge is 2.06. The molecule has 0 bridgehead atoms. The van der Waals surface area contributed by atoms with Crippen LogP contribution in [0.25, 0.3) is 10.9 Å². The summed E-state index contributed by atoms with van der Waals surface area (Å²) >= 11 is 0. The predicted molar refractivity (Wildman–Crippen MR) is 61.6 cm³/mol. The fourth-order valence-corrected chi connectivity index (χ4v) is 1.88. The van der Waals surface area contributed by atoms with Gasteiger partial charge in [0.15, 0.2) is 0 Å². The first-order valence-electron chi connectivity index (χ1n) is 5.00. The lowest BCUT2D eigenvalue weighted by atomic mass is 10.1. The van der Waals surface area contributed by atoms with Crippen molar-refractivity contribution in [1.82, 2.24) is 4.98 Å². The molecule has 0 unspecified atom stereocenters. The third-order valence-corrected chi connectivity index (χ3v) is 2.95. The second kappa shape index (κ2) is 3.05. The number of aryl methyl sites for hydroxylation is 3. The van der Waals surface area contributed by atoms with Crippen LogP contribution in [0.5, 0.6) is 0 Å². The van der Waals surface area contributed by atoms with Gasteiger partial charge in [-0.1, -0.05) is 6.92 Å². The summed E-state index contributed by atoms with van der Waals surface area (Å²) in [6, 6.07) is 4.23. The van der Waals surface area contributed by atoms with Crippen molar-refractivity contribution < 1.29 is 0 Å². The number of benzene rings is 1. The summed E-state index contributed by atoms with van der Waals surface area (Å²) in [5, 5.41) is 1.30. The average molecular weight is 188 g/mol. The molecule has 0 spiro atoms. The molecule has 0 atom stereocenters. The fraction of sp³-hybridized carbons (Fsp3) is 0.333. The van der Waals surface area contributed by atoms with Gasteiger partial charge < -0.3 is 10.7 Å². The van der Waals surface area contributed by atoms with Gasteiger partial charge in [0.05, 0.1) is 0 Å². The zero-order chi connectivity index (χ0) is 10.3. The van der Waals surface area contributed by atoms with Crippen LogP contribution in [0.4, 0.5) is 5.69 Å². The highest BCUT2D eigenvalue weighted by Crippen LogP contribution is 2.26. The number of hydrogen-bond donors (Lipinski definition) is 2. The lowest BCUT2D eigenvalue weighted by Gasteiger charge is -2.02. The Morgan fingerprint density at radius 3 is 2.64 bits per heavy atom. The molecule has 2 heteroatoms. The molecule has 2 aromatic rings. The molecule has 1 heterocycles. The molecule has 2 nitrogen and oxygen atoms in total. The maximum absolute atomic E-state index is 5.94. The number of H-pyrrole nitrogens is 1. The van der Waals surface area contributed by atoms with E-state index in [0.717, 1.165) is 17.6 Å². The molecule has 3 N–H and O–H groups in total. The number of nitrogens with two attached hydrogens (primary N) is 1. The number of anilines is 1. The van der Waals surface area contributed by atoms with E-state index in [0.29, 0.717) is 0 Å². The second-order valence-electron chi connectivity index (χ2n) is 3.83. The lowest BCUT2D eigenvalue weighted by molar-refractivity contribution is 1.15. The highest BCUT2D eigenvalue weighted by molar-refractivity contribution is 5.88. The summed E-state index contributed by atoms with van der Waals surface area (Å²) in [6.45, 7) is 6.37. The minimum Gasteiger partial charge on any atom is -0.398 e. The van der Waals surface area contributed by atoms with Crippen molar-refractivity contribution in [1.29, 1.82) is 0 Å². The number of aromatic amines is 1. The van der Waals surface area contributed by atoms with E-state index in [1.807, 2.05) is 6.07 Å². The van der Waals surface area contributed by atoms with E-state index in [9.17, 15) is 0 Å². The van der Waals surface area contributed by atoms with Crippen LogP contribution in [0.3, 0.4) is 0 Å². The second-order valence-corrected chi connectivity index (χ2v) is 3.83. The van der Waals surface area contributed by atoms with Gasteiger partial charge in [0, 0.05) is 22.3 Å². The molecule has 0 saturated carbocycles. The minimum absolute atomic E-state index is 0.890. The largest absolute Gasteiger partial charge is 0.398 e. The molecule has 0 aliphatic carbocycles. The highest BCUT2D eigenvalue weighted by atomic mass is 14.7. The molecule has 0 fully saturated rings. The van der Waals surface area contributed by atoms with Gasteiger partial charge in [0.2, 0.25) is 0 Å². The topological polar surface area (TPSA) is 41.8 Å². The summed E-state index contributed by atoms with van der Waals surface area (Å²) in [5.74, 6) is 0. The van der Waals surface area contributed by atoms with Crippen molar-refractivity contribution in [2.45, 2.75) is 27.2 Å². The molecular weight excluding hydrogens is 172 g/mol. The molecule has 1 aromatic heterocycles. The molecule has 0 amide bonds. The SMILES string of the molecule is CCc1cc2c(C)c(C)[nH]c2cc1N. The first kappa shape index (κ1) is 9.13. The van der Waals surface area contributed by atoms with E-state index in [-0.39, 0.29) is 0 Å². The standard InChI is InChI=1S/C12H16N2/c1-4-9-5-10-7(2)8(3)14-12(10)6-11(9)13/h5-6,14H,4,13H2,1-3H3. The first-order chi connectivity index (χ1) is 6.63. The zero-order valence-electron chi connectivity index (χ0n) is 8.94. The zero-order valence-corrected chi connectivity index (χ0v) is 8.94. The molecule has 14 heavy (non-hydrogen) atoms. The van der Waals surface area contributed by atoms with E-state index < -0.39 is 0 Å². The smallest absolute Gasteiger partial charge is 0.0479 e. The normalized spacial score (nSPS) is 11.1. The quantitative estimate of drug-likeness (QED) is 0.664. The molecule has 1 aromatic carbocycles. The molecule has 0 radical (unpaired) electrons. The Hall–Kier alpha value is -1.44. The number of rotatable bonds is 1. The maximum Gasteiger partial charge on any atom is 0.0479 e. The van der Waals surface area contributed by atoms with Crippen LogP contribution in [0, 0.1) is 13.8 Å². The number of fused-ring (bicyclic) bond motifs is 1. The van der Waals surface area contributed by atoms with Gasteiger partial charge in [0.1, 0.15) is 0 Å². The van der Waals surface area contributed by atoms with Gasteiger partial charge in [-0.2, -0.15) is 0 Å². The van der Waals surface area contributed by atoms with Gasteiger partial charge in [0.25, 0.3) is 0 Å². The van der Waals surface area contributed by atoms with Crippen molar-refractivity contribution in [3.05, 3.63) is 29.0 Å². The maximum atomic E-state index is 5.94. The Morgan fingerprint density at radius 1 is 1.29 bits per heavy atom. The average Bonchev–Trinajstić information content (AvgIpc) is 2.41. The molecule has 0 aliphatic heterocycles. The van der Waals surface area contributed by atoms with E-state index in [2.05, 4.69) is 31.8 Å². The van der Waals surface area contributed by atoms with Crippen molar-refractivity contribution in [3.8, 4) is 0 Å². The number of nitrogen functional groups attached to an aromatic ring is 1. The Kier molecular flexibility index (Phi) is 1.99. The third-order valence-electron chi connectivity index (χ3n) is 2.95. The Bertz CT molecular complexity index is 481. The monoisotopic (exact) mass is 188 g/mol. The van der Waals surface area contributed by atoms with Gasteiger partial charge >= 0.3 is 0 Å². The van der Waals surface area contributed by atoms with Crippen LogP contribution in [-0.4, -0.2) is 4.98 Å². The Morgan fingerprint density at radius 2 is 2.00 bits per heavy atom. The first-order valence-corrected chi connectivity index (χ1v) is 5.00. The van der Waals surface area contributed by atoms with Gasteiger partial charge in [-0.25, -0.2) is 0 Å². The van der Waals surface area contributed by atoms with Crippen molar-refractivity contribution in [3.63, 3.8) is 0 Å². The summed E-state index contributed by atoms with van der Waals surface area (Å²) in [4.78, 5) is 3.34. The summed E-state index contributed by atoms with van der Waals surface area (Å²) in [6.07, 6.45) is 0.992. The number of nitrogens with one attached hydrogen (secondary N) is 1. The van der Waals surface area contributed by atoms with E-state index in [1.165, 1.54) is 22.2 Å². The Labute approximate surface area is 84.1 Å². The lowest BCUT2D eigenvalue weighted by Crippen LogP contribution is -1.92. The van der Waals surface area contributed by atoms with Gasteiger partial charge in [-0.3, -0.25) is 0 Å². The van der Waals surface area contributed by atoms with Crippen LogP contribution >= 0.6 is 0 Å². The molecule has 0 saturated heterocycles. The fourth-order valence-electron chi connectivity index (χ4n) is 1.88. The summed E-state index contributed by atoms with van der Waals surface area (Å²) in [7, 11) is 0. The summed E-state index contributed by atoms with van der Waals surface area (Å²) in [5.41, 5.74) is 11.8. The predicted octanol–water partition coefficient (Wildman–Crippen LogP) is 2.93. The van der Waals surface area contributed by atoms with E-state index in [1.54, 1.807) is 0 Å². The van der Waals surface area contributed by atoms with Crippen molar-refractivity contribution >= 4 is 16.6 Å². The van der Waals surface area contributed by atoms with E-state index in [4.69, 9.17) is 5.73 Å². The third kappa shape index (κ3) is 1.18. The number of hydrogen-bond acceptors (Lipinski definition) is 1. The van der Waals surface area contributed by atoms with Crippen LogP contribution in [-0.2, 0) is 6.42 Å². The van der Waals surface area contributed by atoms with Gasteiger partial charge in [-0.15, -0.1) is 0 Å². The van der Waals surface area contributed by atoms with Crippen molar-refractivity contribution in [2.24, 2.45) is 0 Å². The van der Waals surface area contributed by atoms with Crippen molar-refractivity contribution in [2.75, 3.05) is 5.73 Å². The van der Waals surface area contributed by atoms with Crippen LogP contribution < -0.4 is 5.73 Å². The van der Waals surface area contributed by atoms with Crippen LogP contribution in [0.2, 0.25) is 0 Å². The van der Waals surface area contributed by atoms with Crippen LogP contribution in [0.15, 0.2) is 12.1 Å². The molecule has 74 valence electrons. The molecule has 2 rings (SSSR count). The molecular formula is C12H16N2. The number of aromatic nitrogens is 1. The molecule has 0 aliphatic rings.